The van der Waals surface area contributed by atoms with Crippen molar-refractivity contribution in [3.8, 4) is 0 Å². The number of hydrogen-bond donors (Lipinski definition) is 0. The van der Waals surface area contributed by atoms with Gasteiger partial charge in [-0.3, -0.25) is 4.79 Å². The minimum atomic E-state index is -4.47. The van der Waals surface area contributed by atoms with Crippen LogP contribution < -0.4 is 0 Å². The van der Waals surface area contributed by atoms with Gasteiger partial charge in [0.2, 0.25) is 5.91 Å². The van der Waals surface area contributed by atoms with Gasteiger partial charge in [-0.15, -0.1) is 0 Å². The van der Waals surface area contributed by atoms with Gasteiger partial charge in [0.25, 0.3) is 0 Å². The van der Waals surface area contributed by atoms with Crippen molar-refractivity contribution in [2.24, 2.45) is 0 Å². The molecule has 0 saturated carbocycles. The van der Waals surface area contributed by atoms with Gasteiger partial charge in [0.1, 0.15) is 0 Å². The lowest BCUT2D eigenvalue weighted by Gasteiger charge is -2.44. The molecule has 0 spiro atoms. The summed E-state index contributed by atoms with van der Waals surface area (Å²) in [6.45, 7) is 3.87. The smallest absolute Gasteiger partial charge is 0.381 e. The van der Waals surface area contributed by atoms with E-state index in [0.717, 1.165) is 44.5 Å². The topological polar surface area (TPSA) is 53.1 Å². The Balaban J connectivity index is 1.49. The molecule has 0 N–H and O–H groups in total. The number of halogens is 3. The molecule has 1 aromatic carbocycles. The molecular formula is C23H30F3N3O3. The third-order valence-electron chi connectivity index (χ3n) is 6.96. The Morgan fingerprint density at radius 1 is 0.844 bits per heavy atom. The molecule has 3 saturated heterocycles. The van der Waals surface area contributed by atoms with E-state index in [9.17, 15) is 22.8 Å². The Morgan fingerprint density at radius 3 is 2.06 bits per heavy atom. The monoisotopic (exact) mass is 453 g/mol. The Bertz CT molecular complexity index is 825. The summed E-state index contributed by atoms with van der Waals surface area (Å²) < 4.78 is 45.4. The molecule has 0 bridgehead atoms. The van der Waals surface area contributed by atoms with Gasteiger partial charge in [0, 0.05) is 52.5 Å². The first-order valence-electron chi connectivity index (χ1n) is 11.4. The highest BCUT2D eigenvalue weighted by Gasteiger charge is 2.46. The summed E-state index contributed by atoms with van der Waals surface area (Å²) >= 11 is 0. The van der Waals surface area contributed by atoms with E-state index in [1.807, 2.05) is 4.90 Å². The molecular weight excluding hydrogens is 423 g/mol. The number of carbonyl (C=O) groups excluding carboxylic acids is 2. The first-order chi connectivity index (χ1) is 15.3. The highest BCUT2D eigenvalue weighted by atomic mass is 19.4. The van der Waals surface area contributed by atoms with Crippen molar-refractivity contribution in [3.05, 3.63) is 35.4 Å². The summed E-state index contributed by atoms with van der Waals surface area (Å²) in [6.07, 6.45) is -0.586. The number of urea groups is 1. The average Bonchev–Trinajstić information content (AvgIpc) is 2.84. The molecule has 9 heteroatoms. The van der Waals surface area contributed by atoms with Crippen LogP contribution in [0.1, 0.15) is 43.2 Å². The van der Waals surface area contributed by atoms with E-state index in [1.165, 1.54) is 6.07 Å². The minimum absolute atomic E-state index is 0.0236. The van der Waals surface area contributed by atoms with Crippen LogP contribution in [0.15, 0.2) is 24.3 Å². The van der Waals surface area contributed by atoms with Crippen molar-refractivity contribution >= 4 is 11.9 Å². The maximum absolute atomic E-state index is 13.7. The molecule has 4 rings (SSSR count). The number of alkyl halides is 3. The van der Waals surface area contributed by atoms with Gasteiger partial charge < -0.3 is 19.4 Å². The van der Waals surface area contributed by atoms with Crippen LogP contribution in [0, 0.1) is 0 Å². The Hall–Kier alpha value is -2.29. The summed E-state index contributed by atoms with van der Waals surface area (Å²) in [4.78, 5) is 31.8. The van der Waals surface area contributed by atoms with E-state index in [1.54, 1.807) is 15.9 Å². The largest absolute Gasteiger partial charge is 0.416 e. The fourth-order valence-electron chi connectivity index (χ4n) is 5.03. The maximum Gasteiger partial charge on any atom is 0.416 e. The summed E-state index contributed by atoms with van der Waals surface area (Å²) in [6, 6.07) is 5.16. The van der Waals surface area contributed by atoms with Crippen molar-refractivity contribution in [2.45, 2.75) is 43.7 Å². The Kier molecular flexibility index (Phi) is 6.65. The van der Waals surface area contributed by atoms with Crippen molar-refractivity contribution in [1.82, 2.24) is 14.7 Å². The predicted molar refractivity (Wildman–Crippen MR) is 112 cm³/mol. The number of ether oxygens (including phenoxy) is 1. The average molecular weight is 454 g/mol. The Morgan fingerprint density at radius 2 is 1.44 bits per heavy atom. The maximum atomic E-state index is 13.7. The fourth-order valence-corrected chi connectivity index (χ4v) is 5.03. The molecule has 3 fully saturated rings. The summed E-state index contributed by atoms with van der Waals surface area (Å²) in [7, 11) is 0. The molecule has 0 aromatic heterocycles. The highest BCUT2D eigenvalue weighted by molar-refractivity contribution is 5.89. The van der Waals surface area contributed by atoms with E-state index in [4.69, 9.17) is 4.74 Å². The zero-order valence-electron chi connectivity index (χ0n) is 18.2. The number of likely N-dealkylation sites (tertiary alicyclic amines) is 1. The first-order valence-corrected chi connectivity index (χ1v) is 11.4. The van der Waals surface area contributed by atoms with Crippen molar-refractivity contribution in [1.29, 1.82) is 0 Å². The number of amides is 3. The third-order valence-corrected chi connectivity index (χ3v) is 6.96. The van der Waals surface area contributed by atoms with E-state index in [-0.39, 0.29) is 11.9 Å². The van der Waals surface area contributed by atoms with Gasteiger partial charge in [0.15, 0.2) is 0 Å². The lowest BCUT2D eigenvalue weighted by atomic mass is 9.72. The van der Waals surface area contributed by atoms with Crippen LogP contribution in [-0.2, 0) is 21.1 Å². The summed E-state index contributed by atoms with van der Waals surface area (Å²) in [5, 5.41) is 0. The predicted octanol–water partition coefficient (Wildman–Crippen LogP) is 3.50. The second-order valence-electron chi connectivity index (χ2n) is 8.88. The highest BCUT2D eigenvalue weighted by Crippen LogP contribution is 2.39. The number of nitrogens with zero attached hydrogens (tertiary/aromatic N) is 3. The van der Waals surface area contributed by atoms with Crippen LogP contribution in [0.5, 0.6) is 0 Å². The molecule has 0 atom stereocenters. The molecule has 3 aliphatic heterocycles. The summed E-state index contributed by atoms with van der Waals surface area (Å²) in [5.41, 5.74) is -1.38. The zero-order valence-corrected chi connectivity index (χ0v) is 18.2. The second-order valence-corrected chi connectivity index (χ2v) is 8.88. The van der Waals surface area contributed by atoms with Crippen molar-refractivity contribution < 1.29 is 27.5 Å². The van der Waals surface area contributed by atoms with Gasteiger partial charge >= 0.3 is 12.2 Å². The van der Waals surface area contributed by atoms with Gasteiger partial charge in [-0.05, 0) is 43.7 Å². The third kappa shape index (κ3) is 4.58. The van der Waals surface area contributed by atoms with Crippen LogP contribution in [0.2, 0.25) is 0 Å². The van der Waals surface area contributed by atoms with Crippen LogP contribution in [-0.4, -0.2) is 79.1 Å². The van der Waals surface area contributed by atoms with Crippen molar-refractivity contribution in [3.63, 3.8) is 0 Å². The molecule has 1 aromatic rings. The first kappa shape index (κ1) is 22.9. The van der Waals surface area contributed by atoms with Gasteiger partial charge in [0.05, 0.1) is 11.0 Å². The van der Waals surface area contributed by atoms with E-state index in [0.29, 0.717) is 57.8 Å². The van der Waals surface area contributed by atoms with Gasteiger partial charge in [-0.1, -0.05) is 18.2 Å². The molecule has 32 heavy (non-hydrogen) atoms. The number of hydrogen-bond acceptors (Lipinski definition) is 3. The quantitative estimate of drug-likeness (QED) is 0.689. The number of benzene rings is 1. The lowest BCUT2D eigenvalue weighted by Crippen LogP contribution is -2.58. The SMILES string of the molecule is O=C(N1CCCCC1)N1CCN(C(=O)C2(c3cccc(C(F)(F)F)c3)CCOCC2)CC1. The molecule has 6 nitrogen and oxygen atoms in total. The summed E-state index contributed by atoms with van der Waals surface area (Å²) in [5.74, 6) is -0.162. The van der Waals surface area contributed by atoms with Crippen LogP contribution >= 0.6 is 0 Å². The number of piperidine rings is 1. The molecule has 176 valence electrons. The molecule has 0 radical (unpaired) electrons. The number of piperazine rings is 1. The number of rotatable bonds is 2. The molecule has 3 heterocycles. The van der Waals surface area contributed by atoms with Crippen LogP contribution in [0.25, 0.3) is 0 Å². The van der Waals surface area contributed by atoms with E-state index >= 15 is 0 Å². The van der Waals surface area contributed by atoms with Crippen molar-refractivity contribution in [2.75, 3.05) is 52.5 Å². The van der Waals surface area contributed by atoms with Crippen LogP contribution in [0.4, 0.5) is 18.0 Å². The molecule has 3 amide bonds. The molecule has 3 aliphatic rings. The number of carbonyl (C=O) groups is 2. The van der Waals surface area contributed by atoms with Crippen LogP contribution in [0.3, 0.4) is 0 Å². The molecule has 0 aliphatic carbocycles. The van der Waals surface area contributed by atoms with E-state index < -0.39 is 17.2 Å². The van der Waals surface area contributed by atoms with Gasteiger partial charge in [-0.2, -0.15) is 13.2 Å². The van der Waals surface area contributed by atoms with E-state index in [2.05, 4.69) is 0 Å². The van der Waals surface area contributed by atoms with Gasteiger partial charge in [-0.25, -0.2) is 4.79 Å². The fraction of sp³-hybridized carbons (Fsp3) is 0.652. The normalized spacial score (nSPS) is 22.0. The lowest BCUT2D eigenvalue weighted by molar-refractivity contribution is -0.143. The Labute approximate surface area is 186 Å². The second kappa shape index (κ2) is 9.29. The minimum Gasteiger partial charge on any atom is -0.381 e. The standard InChI is InChI=1S/C23H30F3N3O3/c24-23(25,26)19-6-4-5-18(17-19)22(7-15-32-16-8-22)20(30)27-11-13-29(14-12-27)21(31)28-9-2-1-3-10-28/h4-6,17H,1-3,7-16H2. The zero-order chi connectivity index (χ0) is 22.8. The molecule has 0 unspecified atom stereocenters.